The SMILES string of the molecule is O=C(O)CNC(=O)OC[C@H]1OC(n2cnc3c(N[C@@H]4CCOC4)ncnc32)[C@H](O)[C@@H]1O. The number of hydrogen-bond donors (Lipinski definition) is 5. The van der Waals surface area contributed by atoms with Gasteiger partial charge in [0.05, 0.1) is 19.0 Å². The Morgan fingerprint density at radius 1 is 1.26 bits per heavy atom. The Bertz CT molecular complexity index is 948. The number of aliphatic hydroxyl groups excluding tert-OH is 2. The minimum absolute atomic E-state index is 0.104. The quantitative estimate of drug-likeness (QED) is 0.335. The topological polar surface area (TPSA) is 190 Å². The number of imidazole rings is 1. The van der Waals surface area contributed by atoms with Crippen molar-refractivity contribution in [3.05, 3.63) is 12.7 Å². The normalized spacial score (nSPS) is 28.0. The third-order valence-corrected chi connectivity index (χ3v) is 5.00. The molecule has 0 spiro atoms. The highest BCUT2D eigenvalue weighted by Gasteiger charge is 2.45. The van der Waals surface area contributed by atoms with Crippen LogP contribution in [0, 0.1) is 0 Å². The van der Waals surface area contributed by atoms with Gasteiger partial charge in [-0.1, -0.05) is 0 Å². The first-order chi connectivity index (χ1) is 14.9. The standard InChI is InChI=1S/C17H22N6O8/c24-10(25)3-18-17(28)30-5-9-12(26)13(27)16(31-9)23-7-21-11-14(19-6-20-15(11)23)22-8-1-2-29-4-8/h6-9,12-13,16,26-27H,1-5H2,(H,18,28)(H,24,25)(H,19,20,22)/t8-,9-,12-,13-,16?/m1/s1. The minimum atomic E-state index is -1.36. The number of rotatable bonds is 7. The summed E-state index contributed by atoms with van der Waals surface area (Å²) < 4.78 is 17.4. The molecule has 14 heteroatoms. The lowest BCUT2D eigenvalue weighted by Crippen LogP contribution is -2.37. The van der Waals surface area contributed by atoms with Crippen LogP contribution in [-0.2, 0) is 19.0 Å². The van der Waals surface area contributed by atoms with Crippen LogP contribution in [0.3, 0.4) is 0 Å². The second kappa shape index (κ2) is 8.97. The summed E-state index contributed by atoms with van der Waals surface area (Å²) in [6.07, 6.45) is -2.15. The maximum Gasteiger partial charge on any atom is 0.407 e. The molecule has 1 amide bonds. The number of nitrogens with one attached hydrogen (secondary N) is 2. The number of alkyl carbamates (subject to hydrolysis) is 1. The van der Waals surface area contributed by atoms with E-state index in [0.717, 1.165) is 6.42 Å². The molecule has 0 aliphatic carbocycles. The van der Waals surface area contributed by atoms with Gasteiger partial charge in [-0.3, -0.25) is 9.36 Å². The van der Waals surface area contributed by atoms with E-state index in [9.17, 15) is 19.8 Å². The number of carboxylic acid groups (broad SMARTS) is 1. The summed E-state index contributed by atoms with van der Waals surface area (Å²) in [5, 5.41) is 34.6. The fraction of sp³-hybridized carbons (Fsp3) is 0.588. The summed E-state index contributed by atoms with van der Waals surface area (Å²) in [4.78, 5) is 34.7. The second-order valence-corrected chi connectivity index (χ2v) is 7.14. The van der Waals surface area contributed by atoms with Crippen molar-refractivity contribution in [1.82, 2.24) is 24.8 Å². The van der Waals surface area contributed by atoms with Crippen molar-refractivity contribution in [2.24, 2.45) is 0 Å². The Labute approximate surface area is 175 Å². The number of hydrogen-bond acceptors (Lipinski definition) is 11. The van der Waals surface area contributed by atoms with Crippen LogP contribution >= 0.6 is 0 Å². The van der Waals surface area contributed by atoms with Crippen LogP contribution in [0.5, 0.6) is 0 Å². The third kappa shape index (κ3) is 4.51. The summed E-state index contributed by atoms with van der Waals surface area (Å²) in [5.41, 5.74) is 0.848. The van der Waals surface area contributed by atoms with Gasteiger partial charge in [-0.2, -0.15) is 0 Å². The van der Waals surface area contributed by atoms with Crippen LogP contribution in [-0.4, -0.2) is 97.6 Å². The molecule has 2 fully saturated rings. The first-order valence-corrected chi connectivity index (χ1v) is 9.60. The molecular formula is C17H22N6O8. The second-order valence-electron chi connectivity index (χ2n) is 7.14. The molecule has 5 N–H and O–H groups in total. The van der Waals surface area contributed by atoms with Gasteiger partial charge in [0.25, 0.3) is 0 Å². The maximum absolute atomic E-state index is 11.5. The van der Waals surface area contributed by atoms with Crippen molar-refractivity contribution in [2.45, 2.75) is 37.0 Å². The number of carbonyl (C=O) groups excluding carboxylic acids is 1. The molecule has 0 aromatic carbocycles. The predicted molar refractivity (Wildman–Crippen MR) is 101 cm³/mol. The van der Waals surface area contributed by atoms with E-state index in [-0.39, 0.29) is 6.04 Å². The molecule has 0 radical (unpaired) electrons. The Hall–Kier alpha value is -3.07. The zero-order valence-electron chi connectivity index (χ0n) is 16.2. The smallest absolute Gasteiger partial charge is 0.407 e. The van der Waals surface area contributed by atoms with Gasteiger partial charge in [0, 0.05) is 6.61 Å². The molecule has 14 nitrogen and oxygen atoms in total. The molecule has 2 aromatic rings. The molecule has 2 aliphatic rings. The summed E-state index contributed by atoms with van der Waals surface area (Å²) in [6.45, 7) is 0.223. The van der Waals surface area contributed by atoms with Crippen LogP contribution in [0.2, 0.25) is 0 Å². The van der Waals surface area contributed by atoms with Crippen LogP contribution in [0.25, 0.3) is 11.2 Å². The number of ether oxygens (including phenoxy) is 3. The van der Waals surface area contributed by atoms with Gasteiger partial charge in [0.1, 0.15) is 37.8 Å². The molecule has 4 heterocycles. The molecule has 2 aromatic heterocycles. The van der Waals surface area contributed by atoms with Gasteiger partial charge in [-0.15, -0.1) is 0 Å². The number of aliphatic carboxylic acids is 1. The van der Waals surface area contributed by atoms with Crippen molar-refractivity contribution in [2.75, 3.05) is 31.7 Å². The predicted octanol–water partition coefficient (Wildman–Crippen LogP) is -1.54. The number of amides is 1. The lowest BCUT2D eigenvalue weighted by Gasteiger charge is -2.17. The highest BCUT2D eigenvalue weighted by molar-refractivity contribution is 5.82. The average molecular weight is 438 g/mol. The van der Waals surface area contributed by atoms with Crippen molar-refractivity contribution in [3.63, 3.8) is 0 Å². The monoisotopic (exact) mass is 438 g/mol. The molecule has 31 heavy (non-hydrogen) atoms. The number of carboxylic acids is 1. The molecule has 2 saturated heterocycles. The highest BCUT2D eigenvalue weighted by atomic mass is 16.6. The van der Waals surface area contributed by atoms with E-state index < -0.39 is 49.8 Å². The van der Waals surface area contributed by atoms with Crippen molar-refractivity contribution < 1.29 is 39.1 Å². The van der Waals surface area contributed by atoms with Gasteiger partial charge in [-0.05, 0) is 6.42 Å². The number of fused-ring (bicyclic) bond motifs is 1. The van der Waals surface area contributed by atoms with Gasteiger partial charge in [-0.25, -0.2) is 19.7 Å². The molecule has 5 atom stereocenters. The lowest BCUT2D eigenvalue weighted by atomic mass is 10.1. The Kier molecular flexibility index (Phi) is 6.13. The van der Waals surface area contributed by atoms with Crippen LogP contribution in [0.15, 0.2) is 12.7 Å². The minimum Gasteiger partial charge on any atom is -0.480 e. The molecule has 0 bridgehead atoms. The van der Waals surface area contributed by atoms with Gasteiger partial charge in [0.2, 0.25) is 0 Å². The highest BCUT2D eigenvalue weighted by Crippen LogP contribution is 2.32. The van der Waals surface area contributed by atoms with Crippen LogP contribution in [0.1, 0.15) is 12.6 Å². The van der Waals surface area contributed by atoms with E-state index in [1.54, 1.807) is 0 Å². The molecular weight excluding hydrogens is 416 g/mol. The number of aromatic nitrogens is 4. The largest absolute Gasteiger partial charge is 0.480 e. The number of aliphatic hydroxyl groups is 2. The number of nitrogens with zero attached hydrogens (tertiary/aromatic N) is 4. The van der Waals surface area contributed by atoms with Crippen molar-refractivity contribution in [1.29, 1.82) is 0 Å². The zero-order chi connectivity index (χ0) is 22.0. The van der Waals surface area contributed by atoms with E-state index in [1.165, 1.54) is 17.2 Å². The summed E-state index contributed by atoms with van der Waals surface area (Å²) in [6, 6.07) is 0.104. The first kappa shape index (κ1) is 21.2. The molecule has 168 valence electrons. The van der Waals surface area contributed by atoms with E-state index in [4.69, 9.17) is 19.3 Å². The van der Waals surface area contributed by atoms with Crippen molar-refractivity contribution in [3.8, 4) is 0 Å². The van der Waals surface area contributed by atoms with Gasteiger partial charge < -0.3 is 40.2 Å². The third-order valence-electron chi connectivity index (χ3n) is 5.00. The fourth-order valence-electron chi connectivity index (χ4n) is 3.44. The first-order valence-electron chi connectivity index (χ1n) is 9.60. The maximum atomic E-state index is 11.5. The van der Waals surface area contributed by atoms with E-state index >= 15 is 0 Å². The van der Waals surface area contributed by atoms with E-state index in [0.29, 0.717) is 30.2 Å². The molecule has 4 rings (SSSR count). The van der Waals surface area contributed by atoms with E-state index in [2.05, 4.69) is 20.3 Å². The summed E-state index contributed by atoms with van der Waals surface area (Å²) in [5.74, 6) is -0.713. The van der Waals surface area contributed by atoms with Crippen LogP contribution in [0.4, 0.5) is 10.6 Å². The molecule has 0 saturated carbocycles. The summed E-state index contributed by atoms with van der Waals surface area (Å²) >= 11 is 0. The number of anilines is 1. The van der Waals surface area contributed by atoms with Crippen LogP contribution < -0.4 is 10.6 Å². The fourth-order valence-corrected chi connectivity index (χ4v) is 3.44. The molecule has 1 unspecified atom stereocenters. The Morgan fingerprint density at radius 3 is 2.84 bits per heavy atom. The average Bonchev–Trinajstić information content (AvgIpc) is 3.47. The van der Waals surface area contributed by atoms with Gasteiger partial charge in [0.15, 0.2) is 23.2 Å². The van der Waals surface area contributed by atoms with E-state index in [1.807, 2.05) is 5.32 Å². The lowest BCUT2D eigenvalue weighted by molar-refractivity contribution is -0.135. The van der Waals surface area contributed by atoms with Gasteiger partial charge >= 0.3 is 12.1 Å². The molecule has 2 aliphatic heterocycles. The zero-order valence-corrected chi connectivity index (χ0v) is 16.2. The Morgan fingerprint density at radius 2 is 2.10 bits per heavy atom. The summed E-state index contributed by atoms with van der Waals surface area (Å²) in [7, 11) is 0. The Balaban J connectivity index is 1.45. The van der Waals surface area contributed by atoms with Crippen molar-refractivity contribution >= 4 is 29.0 Å². The number of carbonyl (C=O) groups is 2.